The highest BCUT2D eigenvalue weighted by molar-refractivity contribution is 7.99. The van der Waals surface area contributed by atoms with Crippen LogP contribution < -0.4 is 10.1 Å². The van der Waals surface area contributed by atoms with Gasteiger partial charge in [-0.25, -0.2) is 9.89 Å². The van der Waals surface area contributed by atoms with E-state index in [-0.39, 0.29) is 12.5 Å². The molecule has 37 heavy (non-hydrogen) atoms. The van der Waals surface area contributed by atoms with E-state index in [4.69, 9.17) is 21.1 Å². The predicted octanol–water partition coefficient (Wildman–Crippen LogP) is 5.65. The molecule has 9 nitrogen and oxygen atoms in total. The molecule has 190 valence electrons. The lowest BCUT2D eigenvalue weighted by Crippen LogP contribution is -2.15. The summed E-state index contributed by atoms with van der Waals surface area (Å²) < 4.78 is 10.5. The van der Waals surface area contributed by atoms with Gasteiger partial charge < -0.3 is 14.8 Å². The molecular formula is C26H24ClN5O4S. The van der Waals surface area contributed by atoms with Gasteiger partial charge in [-0.3, -0.25) is 4.79 Å². The van der Waals surface area contributed by atoms with Crippen LogP contribution in [-0.2, 0) is 9.53 Å². The first-order valence-corrected chi connectivity index (χ1v) is 12.7. The number of rotatable bonds is 11. The highest BCUT2D eigenvalue weighted by atomic mass is 35.5. The summed E-state index contributed by atoms with van der Waals surface area (Å²) in [6.07, 6.45) is 1.76. The van der Waals surface area contributed by atoms with E-state index < -0.39 is 5.97 Å². The number of unbranched alkanes of at least 4 members (excludes halogenated alkanes) is 1. The van der Waals surface area contributed by atoms with Gasteiger partial charge in [0.1, 0.15) is 5.75 Å². The molecule has 0 spiro atoms. The number of H-pyrrole nitrogens is 1. The van der Waals surface area contributed by atoms with Gasteiger partial charge in [0.25, 0.3) is 5.91 Å². The molecule has 0 saturated heterocycles. The molecule has 0 aliphatic rings. The zero-order valence-electron chi connectivity index (χ0n) is 19.9. The summed E-state index contributed by atoms with van der Waals surface area (Å²) in [4.78, 5) is 26.3. The second kappa shape index (κ2) is 12.9. The molecule has 1 aromatic heterocycles. The summed E-state index contributed by atoms with van der Waals surface area (Å²) in [6.45, 7) is 2.21. The van der Waals surface area contributed by atoms with Gasteiger partial charge in [-0.15, -0.1) is 5.10 Å². The van der Waals surface area contributed by atoms with Crippen LogP contribution >= 0.6 is 23.4 Å². The molecule has 2 N–H and O–H groups in total. The fourth-order valence-corrected chi connectivity index (χ4v) is 4.55. The Morgan fingerprint density at radius 3 is 2.62 bits per heavy atom. The fraction of sp³-hybridized carbons (Fsp3) is 0.192. The minimum absolute atomic E-state index is 0.188. The number of carbonyl (C=O) groups is 2. The molecule has 0 radical (unpaired) electrons. The number of amides is 1. The third kappa shape index (κ3) is 7.31. The normalized spacial score (nSPS) is 10.6. The maximum atomic E-state index is 13.0. The fourth-order valence-electron chi connectivity index (χ4n) is 3.24. The summed E-state index contributed by atoms with van der Waals surface area (Å²) in [7, 11) is 0. The van der Waals surface area contributed by atoms with Crippen LogP contribution in [0.4, 0.5) is 5.69 Å². The lowest BCUT2D eigenvalue weighted by atomic mass is 10.2. The maximum absolute atomic E-state index is 13.0. The third-order valence-electron chi connectivity index (χ3n) is 5.13. The van der Waals surface area contributed by atoms with E-state index in [0.29, 0.717) is 34.5 Å². The van der Waals surface area contributed by atoms with Crippen molar-refractivity contribution in [3.8, 4) is 17.1 Å². The molecule has 4 rings (SSSR count). The van der Waals surface area contributed by atoms with E-state index in [0.717, 1.165) is 28.2 Å². The van der Waals surface area contributed by atoms with Crippen molar-refractivity contribution < 1.29 is 19.1 Å². The summed E-state index contributed by atoms with van der Waals surface area (Å²) in [5.41, 5.74) is 1.84. The van der Waals surface area contributed by atoms with Gasteiger partial charge in [0.05, 0.1) is 12.3 Å². The minimum atomic E-state index is -0.427. The zero-order valence-corrected chi connectivity index (χ0v) is 21.5. The topological polar surface area (TPSA) is 119 Å². The zero-order chi connectivity index (χ0) is 26.0. The van der Waals surface area contributed by atoms with Gasteiger partial charge in [0.15, 0.2) is 12.4 Å². The molecule has 0 aliphatic carbocycles. The molecular weight excluding hydrogens is 514 g/mol. The smallest absolute Gasteiger partial charge is 0.344 e. The summed E-state index contributed by atoms with van der Waals surface area (Å²) in [5.74, 6) is 0.268. The van der Waals surface area contributed by atoms with Crippen molar-refractivity contribution in [2.75, 3.05) is 18.5 Å². The molecule has 0 saturated carbocycles. The Balaban J connectivity index is 1.43. The maximum Gasteiger partial charge on any atom is 0.344 e. The van der Waals surface area contributed by atoms with Crippen LogP contribution in [0, 0.1) is 0 Å². The number of aromatic nitrogens is 4. The van der Waals surface area contributed by atoms with Crippen LogP contribution in [0.3, 0.4) is 0 Å². The quantitative estimate of drug-likeness (QED) is 0.186. The number of hydrogen-bond acceptors (Lipinski definition) is 8. The highest BCUT2D eigenvalue weighted by Crippen LogP contribution is 2.39. The Bertz CT molecular complexity index is 1350. The molecule has 0 aliphatic heterocycles. The molecule has 3 aromatic carbocycles. The van der Waals surface area contributed by atoms with Crippen LogP contribution in [0.25, 0.3) is 11.4 Å². The SMILES string of the molecule is CCCCOC(=O)COc1ccc(C(=O)Nc2ccc(Cl)cc2Sc2ccccc2-c2nnn[nH]2)cc1. The van der Waals surface area contributed by atoms with Gasteiger partial charge in [0.2, 0.25) is 0 Å². The number of nitrogens with zero attached hydrogens (tertiary/aromatic N) is 3. The molecule has 0 fully saturated rings. The first-order chi connectivity index (χ1) is 18.0. The average Bonchev–Trinajstić information content (AvgIpc) is 3.45. The van der Waals surface area contributed by atoms with Crippen molar-refractivity contribution in [2.24, 2.45) is 0 Å². The van der Waals surface area contributed by atoms with Crippen LogP contribution in [0.5, 0.6) is 5.75 Å². The van der Waals surface area contributed by atoms with Crippen molar-refractivity contribution in [1.82, 2.24) is 20.6 Å². The van der Waals surface area contributed by atoms with Gasteiger partial charge >= 0.3 is 5.97 Å². The lowest BCUT2D eigenvalue weighted by Gasteiger charge is -2.13. The Labute approximate surface area is 222 Å². The number of tetrazole rings is 1. The molecule has 1 amide bonds. The first-order valence-electron chi connectivity index (χ1n) is 11.5. The van der Waals surface area contributed by atoms with Gasteiger partial charge in [-0.05, 0) is 71.4 Å². The van der Waals surface area contributed by atoms with Crippen LogP contribution in [0.2, 0.25) is 5.02 Å². The van der Waals surface area contributed by atoms with Crippen LogP contribution in [0.15, 0.2) is 76.5 Å². The second-order valence-corrected chi connectivity index (χ2v) is 9.35. The molecule has 0 bridgehead atoms. The van der Waals surface area contributed by atoms with Gasteiger partial charge in [0, 0.05) is 25.9 Å². The van der Waals surface area contributed by atoms with Crippen molar-refractivity contribution >= 4 is 40.9 Å². The van der Waals surface area contributed by atoms with Crippen molar-refractivity contribution in [3.05, 3.63) is 77.3 Å². The Morgan fingerprint density at radius 1 is 1.05 bits per heavy atom. The molecule has 0 unspecified atom stereocenters. The standard InChI is InChI=1S/C26H24ClN5O4S/c1-2-3-14-35-24(33)16-36-19-11-8-17(9-12-19)26(34)28-21-13-10-18(27)15-23(21)37-22-7-5-4-6-20(22)25-29-31-32-30-25/h4-13,15H,2-3,14,16H2,1H3,(H,28,34)(H,29,30,31,32). The average molecular weight is 538 g/mol. The van der Waals surface area contributed by atoms with E-state index in [9.17, 15) is 9.59 Å². The number of ether oxygens (including phenoxy) is 2. The third-order valence-corrected chi connectivity index (χ3v) is 6.50. The monoisotopic (exact) mass is 537 g/mol. The molecule has 4 aromatic rings. The van der Waals surface area contributed by atoms with Crippen LogP contribution in [-0.4, -0.2) is 45.7 Å². The van der Waals surface area contributed by atoms with E-state index >= 15 is 0 Å². The number of halogens is 1. The van der Waals surface area contributed by atoms with E-state index in [1.165, 1.54) is 11.8 Å². The minimum Gasteiger partial charge on any atom is -0.482 e. The number of carbonyl (C=O) groups excluding carboxylic acids is 2. The second-order valence-electron chi connectivity index (χ2n) is 7.83. The number of nitrogens with one attached hydrogen (secondary N) is 2. The Kier molecular flexibility index (Phi) is 9.12. The molecule has 11 heteroatoms. The van der Waals surface area contributed by atoms with E-state index in [1.807, 2.05) is 31.2 Å². The van der Waals surface area contributed by atoms with Crippen molar-refractivity contribution in [1.29, 1.82) is 0 Å². The summed E-state index contributed by atoms with van der Waals surface area (Å²) in [6, 6.07) is 19.4. The van der Waals surface area contributed by atoms with Crippen LogP contribution in [0.1, 0.15) is 30.1 Å². The van der Waals surface area contributed by atoms with Crippen molar-refractivity contribution in [2.45, 2.75) is 29.6 Å². The lowest BCUT2D eigenvalue weighted by molar-refractivity contribution is -0.146. The Hall–Kier alpha value is -3.89. The Morgan fingerprint density at radius 2 is 1.86 bits per heavy atom. The van der Waals surface area contributed by atoms with Gasteiger partial charge in [-0.1, -0.05) is 48.8 Å². The van der Waals surface area contributed by atoms with E-state index in [1.54, 1.807) is 42.5 Å². The van der Waals surface area contributed by atoms with Gasteiger partial charge in [-0.2, -0.15) is 0 Å². The van der Waals surface area contributed by atoms with E-state index in [2.05, 4.69) is 25.9 Å². The first kappa shape index (κ1) is 26.2. The summed E-state index contributed by atoms with van der Waals surface area (Å²) >= 11 is 7.70. The van der Waals surface area contributed by atoms with Crippen molar-refractivity contribution in [3.63, 3.8) is 0 Å². The molecule has 0 atom stereocenters. The number of anilines is 1. The number of esters is 1. The predicted molar refractivity (Wildman–Crippen MR) is 141 cm³/mol. The number of benzene rings is 3. The number of aromatic amines is 1. The number of hydrogen-bond donors (Lipinski definition) is 2. The highest BCUT2D eigenvalue weighted by Gasteiger charge is 2.15. The molecule has 1 heterocycles. The summed E-state index contributed by atoms with van der Waals surface area (Å²) in [5, 5.41) is 17.6. The largest absolute Gasteiger partial charge is 0.482 e.